The monoisotopic (exact) mass is 268 g/mol. The van der Waals surface area contributed by atoms with Gasteiger partial charge in [0.15, 0.2) is 0 Å². The lowest BCUT2D eigenvalue weighted by Gasteiger charge is -2.12. The Hall–Kier alpha value is -2.06. The summed E-state index contributed by atoms with van der Waals surface area (Å²) in [4.78, 5) is 4.33. The lowest BCUT2D eigenvalue weighted by molar-refractivity contribution is 1.39. The van der Waals surface area contributed by atoms with Crippen molar-refractivity contribution in [2.24, 2.45) is 0 Å². The quantitative estimate of drug-likeness (QED) is 0.712. The highest BCUT2D eigenvalue weighted by Gasteiger charge is 2.05. The lowest BCUT2D eigenvalue weighted by Crippen LogP contribution is -1.94. The van der Waals surface area contributed by atoms with Gasteiger partial charge in [-0.15, -0.1) is 0 Å². The maximum atomic E-state index is 6.17. The minimum atomic E-state index is 0.672. The third-order valence-electron chi connectivity index (χ3n) is 3.14. The molecule has 1 aromatic heterocycles. The molecule has 0 unspecified atom stereocenters. The topological polar surface area (TPSA) is 24.9 Å². The number of rotatable bonds is 2. The van der Waals surface area contributed by atoms with Gasteiger partial charge in [0.2, 0.25) is 0 Å². The van der Waals surface area contributed by atoms with Gasteiger partial charge in [-0.3, -0.25) is 4.98 Å². The molecule has 0 radical (unpaired) electrons. The second-order valence-corrected chi connectivity index (χ2v) is 4.84. The van der Waals surface area contributed by atoms with E-state index in [4.69, 9.17) is 11.6 Å². The summed E-state index contributed by atoms with van der Waals surface area (Å²) in [6.45, 7) is 2.08. The first kappa shape index (κ1) is 12.0. The zero-order chi connectivity index (χ0) is 13.2. The van der Waals surface area contributed by atoms with Crippen LogP contribution in [0, 0.1) is 6.92 Å². The zero-order valence-corrected chi connectivity index (χ0v) is 11.3. The molecule has 0 fully saturated rings. The summed E-state index contributed by atoms with van der Waals surface area (Å²) >= 11 is 6.17. The van der Waals surface area contributed by atoms with Crippen molar-refractivity contribution in [3.05, 3.63) is 65.3 Å². The van der Waals surface area contributed by atoms with Gasteiger partial charge in [0.05, 0.1) is 10.5 Å². The normalized spacial score (nSPS) is 10.6. The molecule has 0 bridgehead atoms. The number of pyridine rings is 1. The molecule has 19 heavy (non-hydrogen) atoms. The highest BCUT2D eigenvalue weighted by atomic mass is 35.5. The summed E-state index contributed by atoms with van der Waals surface area (Å²) in [6.07, 6.45) is 1.77. The molecular weight excluding hydrogens is 256 g/mol. The van der Waals surface area contributed by atoms with Gasteiger partial charge in [-0.1, -0.05) is 41.9 Å². The molecule has 0 spiro atoms. The van der Waals surface area contributed by atoms with Crippen molar-refractivity contribution in [2.45, 2.75) is 6.92 Å². The maximum absolute atomic E-state index is 6.17. The van der Waals surface area contributed by atoms with E-state index in [1.54, 1.807) is 6.20 Å². The van der Waals surface area contributed by atoms with Crippen molar-refractivity contribution in [2.75, 3.05) is 5.32 Å². The number of nitrogens with one attached hydrogen (secondary N) is 1. The first-order valence-electron chi connectivity index (χ1n) is 6.11. The predicted molar refractivity (Wildman–Crippen MR) is 81.2 cm³/mol. The van der Waals surface area contributed by atoms with Gasteiger partial charge in [0, 0.05) is 23.0 Å². The van der Waals surface area contributed by atoms with E-state index in [2.05, 4.69) is 29.4 Å². The summed E-state index contributed by atoms with van der Waals surface area (Å²) in [6, 6.07) is 16.0. The molecule has 94 valence electrons. The number of para-hydroxylation sites is 2. The maximum Gasteiger partial charge on any atom is 0.0908 e. The second-order valence-electron chi connectivity index (χ2n) is 4.43. The molecular formula is C16H13ClN2. The summed E-state index contributed by atoms with van der Waals surface area (Å²) in [5, 5.41) is 5.14. The van der Waals surface area contributed by atoms with E-state index in [0.717, 1.165) is 22.3 Å². The van der Waals surface area contributed by atoms with Gasteiger partial charge in [-0.05, 0) is 30.7 Å². The highest BCUT2D eigenvalue weighted by molar-refractivity contribution is 6.35. The zero-order valence-electron chi connectivity index (χ0n) is 10.5. The Kier molecular flexibility index (Phi) is 3.10. The molecule has 2 aromatic carbocycles. The van der Waals surface area contributed by atoms with E-state index in [9.17, 15) is 0 Å². The fourth-order valence-electron chi connectivity index (χ4n) is 2.11. The number of anilines is 2. The number of halogens is 1. The van der Waals surface area contributed by atoms with Crippen LogP contribution in [-0.4, -0.2) is 4.98 Å². The smallest absolute Gasteiger partial charge is 0.0908 e. The number of hydrogen-bond donors (Lipinski definition) is 1. The number of nitrogens with zero attached hydrogens (tertiary/aromatic N) is 1. The van der Waals surface area contributed by atoms with Gasteiger partial charge in [-0.2, -0.15) is 0 Å². The Labute approximate surface area is 117 Å². The summed E-state index contributed by atoms with van der Waals surface area (Å²) in [5.41, 5.74) is 4.13. The van der Waals surface area contributed by atoms with E-state index < -0.39 is 0 Å². The average molecular weight is 269 g/mol. The number of hydrogen-bond acceptors (Lipinski definition) is 2. The molecule has 0 amide bonds. The van der Waals surface area contributed by atoms with Crippen LogP contribution in [0.5, 0.6) is 0 Å². The van der Waals surface area contributed by atoms with Gasteiger partial charge < -0.3 is 5.32 Å². The van der Waals surface area contributed by atoms with Crippen LogP contribution in [0.2, 0.25) is 5.02 Å². The van der Waals surface area contributed by atoms with Crippen molar-refractivity contribution in [3.63, 3.8) is 0 Å². The second kappa shape index (κ2) is 4.90. The third-order valence-corrected chi connectivity index (χ3v) is 3.44. The molecule has 3 aromatic rings. The molecule has 0 atom stereocenters. The van der Waals surface area contributed by atoms with Gasteiger partial charge in [0.25, 0.3) is 0 Å². The van der Waals surface area contributed by atoms with Gasteiger partial charge >= 0.3 is 0 Å². The number of aryl methyl sites for hydroxylation is 1. The fourth-order valence-corrected chi connectivity index (χ4v) is 2.33. The van der Waals surface area contributed by atoms with E-state index in [1.165, 1.54) is 5.56 Å². The van der Waals surface area contributed by atoms with Crippen LogP contribution in [0.1, 0.15) is 5.56 Å². The van der Waals surface area contributed by atoms with E-state index in [-0.39, 0.29) is 0 Å². The number of benzene rings is 2. The van der Waals surface area contributed by atoms with E-state index >= 15 is 0 Å². The van der Waals surface area contributed by atoms with E-state index in [0.29, 0.717) is 5.02 Å². The van der Waals surface area contributed by atoms with Crippen LogP contribution >= 0.6 is 11.6 Å². The number of fused-ring (bicyclic) bond motifs is 1. The lowest BCUT2D eigenvalue weighted by atomic mass is 10.1. The number of aromatic nitrogens is 1. The molecule has 0 aliphatic carbocycles. The molecule has 0 aliphatic heterocycles. The molecule has 3 heteroatoms. The average Bonchev–Trinajstić information content (AvgIpc) is 2.42. The minimum absolute atomic E-state index is 0.672. The van der Waals surface area contributed by atoms with Crippen molar-refractivity contribution in [3.8, 4) is 0 Å². The standard InChI is InChI=1S/C16H13ClN2/c1-11-5-2-3-8-14(11)19-15-9-10-18-16-12(15)6-4-7-13(16)17/h2-10H,1H3,(H,18,19). The first-order chi connectivity index (χ1) is 9.25. The largest absolute Gasteiger partial charge is 0.355 e. The molecule has 0 saturated heterocycles. The van der Waals surface area contributed by atoms with Crippen LogP contribution in [-0.2, 0) is 0 Å². The van der Waals surface area contributed by atoms with Crippen LogP contribution in [0.4, 0.5) is 11.4 Å². The van der Waals surface area contributed by atoms with Gasteiger partial charge in [0.1, 0.15) is 0 Å². The van der Waals surface area contributed by atoms with Crippen LogP contribution in [0.15, 0.2) is 54.7 Å². The Balaban J connectivity index is 2.12. The predicted octanol–water partition coefficient (Wildman–Crippen LogP) is 4.94. The molecule has 0 aliphatic rings. The summed E-state index contributed by atoms with van der Waals surface area (Å²) < 4.78 is 0. The minimum Gasteiger partial charge on any atom is -0.355 e. The first-order valence-corrected chi connectivity index (χ1v) is 6.49. The fraction of sp³-hybridized carbons (Fsp3) is 0.0625. The summed E-state index contributed by atoms with van der Waals surface area (Å²) in [5.74, 6) is 0. The van der Waals surface area contributed by atoms with Crippen LogP contribution < -0.4 is 5.32 Å². The van der Waals surface area contributed by atoms with Crippen LogP contribution in [0.3, 0.4) is 0 Å². The Morgan fingerprint density at radius 3 is 2.63 bits per heavy atom. The van der Waals surface area contributed by atoms with Crippen molar-refractivity contribution < 1.29 is 0 Å². The Morgan fingerprint density at radius 2 is 1.79 bits per heavy atom. The Bertz CT molecular complexity index is 738. The molecule has 0 saturated carbocycles. The van der Waals surface area contributed by atoms with Gasteiger partial charge in [-0.25, -0.2) is 0 Å². The molecule has 1 N–H and O–H groups in total. The summed E-state index contributed by atoms with van der Waals surface area (Å²) in [7, 11) is 0. The molecule has 2 nitrogen and oxygen atoms in total. The molecule has 3 rings (SSSR count). The van der Waals surface area contributed by atoms with Crippen molar-refractivity contribution in [1.29, 1.82) is 0 Å². The Morgan fingerprint density at radius 1 is 0.947 bits per heavy atom. The van der Waals surface area contributed by atoms with Crippen molar-refractivity contribution >= 4 is 33.9 Å². The highest BCUT2D eigenvalue weighted by Crippen LogP contribution is 2.29. The SMILES string of the molecule is Cc1ccccc1Nc1ccnc2c(Cl)cccc12. The molecule has 1 heterocycles. The van der Waals surface area contributed by atoms with E-state index in [1.807, 2.05) is 36.4 Å². The van der Waals surface area contributed by atoms with Crippen molar-refractivity contribution in [1.82, 2.24) is 4.98 Å². The third kappa shape index (κ3) is 2.27. The van der Waals surface area contributed by atoms with Crippen LogP contribution in [0.25, 0.3) is 10.9 Å².